The molecule has 1 aromatic heterocycles. The van der Waals surface area contributed by atoms with Crippen LogP contribution in [0.2, 0.25) is 0 Å². The third-order valence-corrected chi connectivity index (χ3v) is 3.84. The highest BCUT2D eigenvalue weighted by Gasteiger charge is 2.17. The fourth-order valence-corrected chi connectivity index (χ4v) is 2.54. The van der Waals surface area contributed by atoms with E-state index in [4.69, 9.17) is 25.6 Å². The zero-order chi connectivity index (χ0) is 19.4. The number of benzene rings is 2. The van der Waals surface area contributed by atoms with E-state index in [1.807, 2.05) is 6.07 Å². The third-order valence-electron chi connectivity index (χ3n) is 3.84. The Bertz CT molecular complexity index is 1050. The average Bonchev–Trinajstić information content (AvgIpc) is 3.22. The van der Waals surface area contributed by atoms with Crippen LogP contribution in [0.25, 0.3) is 0 Å². The Balaban J connectivity index is 1.91. The van der Waals surface area contributed by atoms with Gasteiger partial charge in [0.05, 0.1) is 24.4 Å². The van der Waals surface area contributed by atoms with E-state index in [0.717, 1.165) is 0 Å². The van der Waals surface area contributed by atoms with Crippen LogP contribution in [-0.2, 0) is 0 Å². The molecule has 0 saturated carbocycles. The van der Waals surface area contributed by atoms with Crippen LogP contribution in [0.5, 0.6) is 5.75 Å². The maximum absolute atomic E-state index is 12.6. The number of rotatable bonds is 5. The largest absolute Gasteiger partial charge is 0.495 e. The Labute approximate surface area is 154 Å². The van der Waals surface area contributed by atoms with Crippen LogP contribution in [0.1, 0.15) is 27.2 Å². The van der Waals surface area contributed by atoms with Crippen molar-refractivity contribution in [1.82, 2.24) is 4.98 Å². The Morgan fingerprint density at radius 3 is 2.81 bits per heavy atom. The van der Waals surface area contributed by atoms with E-state index in [1.54, 1.807) is 36.4 Å². The molecule has 1 heterocycles. The summed E-state index contributed by atoms with van der Waals surface area (Å²) in [6, 6.07) is 11.5. The first-order chi connectivity index (χ1) is 13.0. The SMILES string of the molecule is COc1c(C#N)cccc1C(=O)Nc1ccc(N)c(C(=N)c2cnco2)c1. The minimum absolute atomic E-state index is 0.0464. The van der Waals surface area contributed by atoms with Gasteiger partial charge >= 0.3 is 0 Å². The number of ether oxygens (including phenoxy) is 1. The van der Waals surface area contributed by atoms with E-state index in [2.05, 4.69) is 10.3 Å². The van der Waals surface area contributed by atoms with Gasteiger partial charge in [-0.25, -0.2) is 4.98 Å². The average molecular weight is 361 g/mol. The first kappa shape index (κ1) is 17.7. The van der Waals surface area contributed by atoms with Crippen molar-refractivity contribution in [2.75, 3.05) is 18.2 Å². The molecule has 4 N–H and O–H groups in total. The molecule has 0 spiro atoms. The number of nitrogens with one attached hydrogen (secondary N) is 2. The first-order valence-corrected chi connectivity index (χ1v) is 7.81. The predicted octanol–water partition coefficient (Wildman–Crippen LogP) is 2.81. The molecule has 0 fully saturated rings. The van der Waals surface area contributed by atoms with Crippen molar-refractivity contribution in [2.45, 2.75) is 0 Å². The molecular formula is C19H15N5O3. The van der Waals surface area contributed by atoms with Gasteiger partial charge < -0.3 is 20.2 Å². The quantitative estimate of drug-likeness (QED) is 0.472. The second kappa shape index (κ2) is 7.41. The molecule has 1 amide bonds. The number of hydrogen-bond acceptors (Lipinski definition) is 7. The van der Waals surface area contributed by atoms with Crippen LogP contribution in [0.4, 0.5) is 11.4 Å². The molecule has 0 atom stereocenters. The minimum atomic E-state index is -0.453. The summed E-state index contributed by atoms with van der Waals surface area (Å²) in [6.07, 6.45) is 2.63. The Hall–Kier alpha value is -4.12. The molecule has 27 heavy (non-hydrogen) atoms. The van der Waals surface area contributed by atoms with E-state index in [-0.39, 0.29) is 28.3 Å². The number of nitrogens with two attached hydrogens (primary N) is 1. The molecule has 0 radical (unpaired) electrons. The first-order valence-electron chi connectivity index (χ1n) is 7.81. The molecule has 2 aromatic carbocycles. The van der Waals surface area contributed by atoms with Gasteiger partial charge in [0.1, 0.15) is 17.5 Å². The number of amides is 1. The molecule has 134 valence electrons. The van der Waals surface area contributed by atoms with Gasteiger partial charge in [0.2, 0.25) is 0 Å². The van der Waals surface area contributed by atoms with Crippen molar-refractivity contribution < 1.29 is 13.9 Å². The highest BCUT2D eigenvalue weighted by molar-refractivity contribution is 6.13. The highest BCUT2D eigenvalue weighted by Crippen LogP contribution is 2.26. The molecule has 8 nitrogen and oxygen atoms in total. The Morgan fingerprint density at radius 1 is 1.33 bits per heavy atom. The Morgan fingerprint density at radius 2 is 2.15 bits per heavy atom. The molecule has 0 aliphatic rings. The van der Waals surface area contributed by atoms with E-state index in [1.165, 1.54) is 19.7 Å². The fourth-order valence-electron chi connectivity index (χ4n) is 2.54. The number of aromatic nitrogens is 1. The van der Waals surface area contributed by atoms with E-state index >= 15 is 0 Å². The van der Waals surface area contributed by atoms with Crippen molar-refractivity contribution in [3.8, 4) is 11.8 Å². The van der Waals surface area contributed by atoms with Crippen LogP contribution in [0.3, 0.4) is 0 Å². The molecule has 3 rings (SSSR count). The zero-order valence-electron chi connectivity index (χ0n) is 14.3. The van der Waals surface area contributed by atoms with Crippen LogP contribution < -0.4 is 15.8 Å². The van der Waals surface area contributed by atoms with Gasteiger partial charge in [0, 0.05) is 16.9 Å². The zero-order valence-corrected chi connectivity index (χ0v) is 14.3. The van der Waals surface area contributed by atoms with Gasteiger partial charge in [-0.05, 0) is 30.3 Å². The third kappa shape index (κ3) is 3.48. The topological polar surface area (TPSA) is 138 Å². The number of nitriles is 1. The van der Waals surface area contributed by atoms with Gasteiger partial charge in [0.25, 0.3) is 5.91 Å². The lowest BCUT2D eigenvalue weighted by atomic mass is 10.0. The summed E-state index contributed by atoms with van der Waals surface area (Å²) < 4.78 is 10.3. The van der Waals surface area contributed by atoms with Gasteiger partial charge in [-0.2, -0.15) is 5.26 Å². The normalized spacial score (nSPS) is 10.1. The summed E-state index contributed by atoms with van der Waals surface area (Å²) in [4.78, 5) is 16.4. The predicted molar refractivity (Wildman–Crippen MR) is 99.0 cm³/mol. The van der Waals surface area contributed by atoms with Crippen molar-refractivity contribution in [3.63, 3.8) is 0 Å². The van der Waals surface area contributed by atoms with Gasteiger partial charge in [-0.1, -0.05) is 6.07 Å². The number of methoxy groups -OCH3 is 1. The van der Waals surface area contributed by atoms with Crippen LogP contribution in [0.15, 0.2) is 53.4 Å². The van der Waals surface area contributed by atoms with Crippen molar-refractivity contribution in [3.05, 3.63) is 71.4 Å². The van der Waals surface area contributed by atoms with E-state index in [0.29, 0.717) is 16.9 Å². The number of nitrogens with zero attached hydrogens (tertiary/aromatic N) is 2. The number of anilines is 2. The summed E-state index contributed by atoms with van der Waals surface area (Å²) >= 11 is 0. The maximum atomic E-state index is 12.6. The van der Waals surface area contributed by atoms with Crippen LogP contribution in [0, 0.1) is 16.7 Å². The molecule has 0 aliphatic heterocycles. The molecule has 3 aromatic rings. The lowest BCUT2D eigenvalue weighted by Crippen LogP contribution is -2.14. The standard InChI is InChI=1S/C19H15N5O3/c1-26-18-11(8-20)3-2-4-13(18)19(25)24-12-5-6-15(21)14(7-12)17(22)16-9-23-10-27-16/h2-7,9-10,22H,21H2,1H3,(H,24,25). The summed E-state index contributed by atoms with van der Waals surface area (Å²) in [5.74, 6) is 0.00186. The van der Waals surface area contributed by atoms with Gasteiger partial charge in [-0.3, -0.25) is 10.2 Å². The van der Waals surface area contributed by atoms with Gasteiger partial charge in [-0.15, -0.1) is 0 Å². The number of hydrogen-bond donors (Lipinski definition) is 3. The fraction of sp³-hybridized carbons (Fsp3) is 0.0526. The number of oxazole rings is 1. The molecular weight excluding hydrogens is 346 g/mol. The van der Waals surface area contributed by atoms with Crippen molar-refractivity contribution >= 4 is 23.0 Å². The Kier molecular flexibility index (Phi) is 4.86. The molecule has 0 unspecified atom stereocenters. The second-order valence-corrected chi connectivity index (χ2v) is 5.50. The van der Waals surface area contributed by atoms with Crippen molar-refractivity contribution in [2.24, 2.45) is 0 Å². The molecule has 0 saturated heterocycles. The molecule has 0 bridgehead atoms. The summed E-state index contributed by atoms with van der Waals surface area (Å²) in [6.45, 7) is 0. The summed E-state index contributed by atoms with van der Waals surface area (Å²) in [5, 5.41) is 20.1. The number of carbonyl (C=O) groups excluding carboxylic acids is 1. The smallest absolute Gasteiger partial charge is 0.259 e. The lowest BCUT2D eigenvalue weighted by Gasteiger charge is -2.12. The maximum Gasteiger partial charge on any atom is 0.259 e. The van der Waals surface area contributed by atoms with Gasteiger partial charge in [0.15, 0.2) is 12.2 Å². The minimum Gasteiger partial charge on any atom is -0.495 e. The second-order valence-electron chi connectivity index (χ2n) is 5.50. The van der Waals surface area contributed by atoms with Crippen molar-refractivity contribution in [1.29, 1.82) is 10.7 Å². The van der Waals surface area contributed by atoms with E-state index < -0.39 is 5.91 Å². The summed E-state index contributed by atoms with van der Waals surface area (Å²) in [5.41, 5.74) is 7.66. The van der Waals surface area contributed by atoms with E-state index in [9.17, 15) is 4.79 Å². The molecule has 0 aliphatic carbocycles. The van der Waals surface area contributed by atoms with Crippen LogP contribution in [-0.4, -0.2) is 23.7 Å². The van der Waals surface area contributed by atoms with Crippen LogP contribution >= 0.6 is 0 Å². The summed E-state index contributed by atoms with van der Waals surface area (Å²) in [7, 11) is 1.40. The number of carbonyl (C=O) groups is 1. The number of para-hydroxylation sites is 1. The number of nitrogen functional groups attached to an aromatic ring is 1. The lowest BCUT2D eigenvalue weighted by molar-refractivity contribution is 0.102. The molecule has 8 heteroatoms. The highest BCUT2D eigenvalue weighted by atomic mass is 16.5. The monoisotopic (exact) mass is 361 g/mol.